The fourth-order valence-electron chi connectivity index (χ4n) is 1.78. The lowest BCUT2D eigenvalue weighted by atomic mass is 10.0. The molecule has 1 amide bonds. The van der Waals surface area contributed by atoms with Crippen LogP contribution in [0.3, 0.4) is 0 Å². The third-order valence-electron chi connectivity index (χ3n) is 2.83. The maximum absolute atomic E-state index is 11.6. The van der Waals surface area contributed by atoms with Crippen LogP contribution >= 0.6 is 0 Å². The molecule has 0 saturated heterocycles. The van der Waals surface area contributed by atoms with Crippen LogP contribution in [0, 0.1) is 0 Å². The highest BCUT2D eigenvalue weighted by Gasteiger charge is 2.17. The first-order valence-electron chi connectivity index (χ1n) is 6.99. The number of carbonyl (C=O) groups is 2. The smallest absolute Gasteiger partial charge is 0.407 e. The van der Waals surface area contributed by atoms with E-state index in [0.717, 1.165) is 18.4 Å². The van der Waals surface area contributed by atoms with Crippen molar-refractivity contribution in [3.8, 4) is 0 Å². The largest absolute Gasteiger partial charge is 0.478 e. The van der Waals surface area contributed by atoms with Crippen LogP contribution in [0.2, 0.25) is 0 Å². The minimum atomic E-state index is -0.929. The SMILES string of the molecule is C[C@H](CCc1ccc(C(=O)O)cc1)NC(=O)OC(C)(C)C. The first kappa shape index (κ1) is 17.0. The number of hydrogen-bond donors (Lipinski definition) is 2. The van der Waals surface area contributed by atoms with Crippen molar-refractivity contribution in [3.05, 3.63) is 35.4 Å². The van der Waals surface area contributed by atoms with Crippen molar-refractivity contribution < 1.29 is 19.4 Å². The number of ether oxygens (including phenoxy) is 1. The number of hydrogen-bond acceptors (Lipinski definition) is 3. The van der Waals surface area contributed by atoms with E-state index in [0.29, 0.717) is 0 Å². The molecule has 0 spiro atoms. The predicted octanol–water partition coefficient (Wildman–Crippen LogP) is 3.23. The van der Waals surface area contributed by atoms with Crippen molar-refractivity contribution in [1.29, 1.82) is 0 Å². The predicted molar refractivity (Wildman–Crippen MR) is 80.6 cm³/mol. The van der Waals surface area contributed by atoms with Gasteiger partial charge in [0.15, 0.2) is 0 Å². The number of rotatable bonds is 5. The molecule has 1 atom stereocenters. The van der Waals surface area contributed by atoms with Crippen LogP contribution in [0.15, 0.2) is 24.3 Å². The van der Waals surface area contributed by atoms with Gasteiger partial charge in [0, 0.05) is 6.04 Å². The maximum atomic E-state index is 11.6. The van der Waals surface area contributed by atoms with Crippen LogP contribution < -0.4 is 5.32 Å². The Morgan fingerprint density at radius 3 is 2.29 bits per heavy atom. The van der Waals surface area contributed by atoms with Gasteiger partial charge in [-0.1, -0.05) is 12.1 Å². The van der Waals surface area contributed by atoms with Gasteiger partial charge in [0.05, 0.1) is 5.56 Å². The Balaban J connectivity index is 2.40. The Hall–Kier alpha value is -2.04. The van der Waals surface area contributed by atoms with Crippen molar-refractivity contribution in [2.45, 2.75) is 52.2 Å². The summed E-state index contributed by atoms with van der Waals surface area (Å²) in [6.07, 6.45) is 1.10. The van der Waals surface area contributed by atoms with E-state index in [-0.39, 0.29) is 11.6 Å². The maximum Gasteiger partial charge on any atom is 0.407 e. The lowest BCUT2D eigenvalue weighted by Crippen LogP contribution is -2.37. The van der Waals surface area contributed by atoms with Crippen LogP contribution in [-0.4, -0.2) is 28.8 Å². The van der Waals surface area contributed by atoms with Crippen molar-refractivity contribution in [2.75, 3.05) is 0 Å². The summed E-state index contributed by atoms with van der Waals surface area (Å²) in [5, 5.41) is 11.6. The van der Waals surface area contributed by atoms with E-state index in [2.05, 4.69) is 5.32 Å². The molecule has 0 aliphatic rings. The molecule has 116 valence electrons. The summed E-state index contributed by atoms with van der Waals surface area (Å²) in [5.41, 5.74) is 0.813. The number of aryl methyl sites for hydroxylation is 1. The van der Waals surface area contributed by atoms with Gasteiger partial charge in [0.1, 0.15) is 5.60 Å². The summed E-state index contributed by atoms with van der Waals surface area (Å²) in [6.45, 7) is 7.37. The summed E-state index contributed by atoms with van der Waals surface area (Å²) in [4.78, 5) is 22.4. The van der Waals surface area contributed by atoms with Gasteiger partial charge in [0.2, 0.25) is 0 Å². The number of alkyl carbamates (subject to hydrolysis) is 1. The van der Waals surface area contributed by atoms with Gasteiger partial charge in [-0.3, -0.25) is 0 Å². The van der Waals surface area contributed by atoms with Crippen LogP contribution in [-0.2, 0) is 11.2 Å². The van der Waals surface area contributed by atoms with E-state index in [1.807, 2.05) is 27.7 Å². The van der Waals surface area contributed by atoms with Crippen molar-refractivity contribution in [3.63, 3.8) is 0 Å². The lowest BCUT2D eigenvalue weighted by Gasteiger charge is -2.22. The monoisotopic (exact) mass is 293 g/mol. The molecule has 1 rings (SSSR count). The van der Waals surface area contributed by atoms with Crippen LogP contribution in [0.25, 0.3) is 0 Å². The number of aromatic carboxylic acids is 1. The normalized spacial score (nSPS) is 12.6. The van der Waals surface area contributed by atoms with E-state index in [1.54, 1.807) is 24.3 Å². The Labute approximate surface area is 125 Å². The fraction of sp³-hybridized carbons (Fsp3) is 0.500. The minimum Gasteiger partial charge on any atom is -0.478 e. The van der Waals surface area contributed by atoms with Crippen molar-refractivity contribution in [2.24, 2.45) is 0 Å². The summed E-state index contributed by atoms with van der Waals surface area (Å²) in [6, 6.07) is 6.75. The molecule has 1 aromatic rings. The van der Waals surface area contributed by atoms with E-state index >= 15 is 0 Å². The zero-order chi connectivity index (χ0) is 16.0. The molecule has 21 heavy (non-hydrogen) atoms. The summed E-state index contributed by atoms with van der Waals surface area (Å²) in [5.74, 6) is -0.929. The minimum absolute atomic E-state index is 0.0148. The molecule has 0 fully saturated rings. The Morgan fingerprint density at radius 1 is 1.24 bits per heavy atom. The summed E-state index contributed by atoms with van der Waals surface area (Å²) >= 11 is 0. The molecule has 2 N–H and O–H groups in total. The third-order valence-corrected chi connectivity index (χ3v) is 2.83. The van der Waals surface area contributed by atoms with E-state index < -0.39 is 17.7 Å². The summed E-state index contributed by atoms with van der Waals surface area (Å²) in [7, 11) is 0. The highest BCUT2D eigenvalue weighted by Crippen LogP contribution is 2.10. The first-order valence-corrected chi connectivity index (χ1v) is 6.99. The van der Waals surface area contributed by atoms with E-state index in [9.17, 15) is 9.59 Å². The van der Waals surface area contributed by atoms with Gasteiger partial charge in [-0.2, -0.15) is 0 Å². The highest BCUT2D eigenvalue weighted by atomic mass is 16.6. The molecule has 0 heterocycles. The molecule has 0 aliphatic carbocycles. The van der Waals surface area contributed by atoms with Crippen LogP contribution in [0.5, 0.6) is 0 Å². The average Bonchev–Trinajstić information content (AvgIpc) is 2.34. The molecule has 0 aliphatic heterocycles. The number of carbonyl (C=O) groups excluding carboxylic acids is 1. The molecule has 1 aromatic carbocycles. The number of carboxylic acid groups (broad SMARTS) is 1. The first-order chi connectivity index (χ1) is 9.67. The highest BCUT2D eigenvalue weighted by molar-refractivity contribution is 5.87. The van der Waals surface area contributed by atoms with E-state index in [1.165, 1.54) is 0 Å². The quantitative estimate of drug-likeness (QED) is 0.874. The summed E-state index contributed by atoms with van der Waals surface area (Å²) < 4.78 is 5.19. The molecule has 0 bridgehead atoms. The zero-order valence-corrected chi connectivity index (χ0v) is 13.0. The van der Waals surface area contributed by atoms with Crippen molar-refractivity contribution in [1.82, 2.24) is 5.32 Å². The van der Waals surface area contributed by atoms with Gasteiger partial charge < -0.3 is 15.2 Å². The van der Waals surface area contributed by atoms with Crippen LogP contribution in [0.1, 0.15) is 50.0 Å². The second-order valence-corrected chi connectivity index (χ2v) is 6.09. The molecule has 0 saturated carbocycles. The molecule has 5 nitrogen and oxygen atoms in total. The van der Waals surface area contributed by atoms with Gasteiger partial charge in [-0.15, -0.1) is 0 Å². The molecular weight excluding hydrogens is 270 g/mol. The Morgan fingerprint density at radius 2 is 1.81 bits per heavy atom. The number of amides is 1. The van der Waals surface area contributed by atoms with Gasteiger partial charge in [-0.05, 0) is 58.2 Å². The fourth-order valence-corrected chi connectivity index (χ4v) is 1.78. The lowest BCUT2D eigenvalue weighted by molar-refractivity contribution is 0.0505. The average molecular weight is 293 g/mol. The van der Waals surface area contributed by atoms with E-state index in [4.69, 9.17) is 9.84 Å². The van der Waals surface area contributed by atoms with Crippen LogP contribution in [0.4, 0.5) is 4.79 Å². The second kappa shape index (κ2) is 7.11. The second-order valence-electron chi connectivity index (χ2n) is 6.09. The molecule has 0 aromatic heterocycles. The molecule has 5 heteroatoms. The van der Waals surface area contributed by atoms with Gasteiger partial charge >= 0.3 is 12.1 Å². The standard InChI is InChI=1S/C16H23NO4/c1-11(17-15(20)21-16(2,3)4)5-6-12-7-9-13(10-8-12)14(18)19/h7-11H,5-6H2,1-4H3,(H,17,20)(H,18,19)/t11-/m1/s1. The number of benzene rings is 1. The number of nitrogens with one attached hydrogen (secondary N) is 1. The third kappa shape index (κ3) is 6.79. The van der Waals surface area contributed by atoms with Gasteiger partial charge in [-0.25, -0.2) is 9.59 Å². The Bertz CT molecular complexity index is 488. The molecule has 0 radical (unpaired) electrons. The van der Waals surface area contributed by atoms with Gasteiger partial charge in [0.25, 0.3) is 0 Å². The topological polar surface area (TPSA) is 75.6 Å². The molecule has 0 unspecified atom stereocenters. The molecular formula is C16H23NO4. The Kier molecular flexibility index (Phi) is 5.76. The number of carboxylic acids is 1. The zero-order valence-electron chi connectivity index (χ0n) is 13.0. The van der Waals surface area contributed by atoms with Crippen molar-refractivity contribution >= 4 is 12.1 Å².